The predicted octanol–water partition coefficient (Wildman–Crippen LogP) is 7.95. The Labute approximate surface area is 168 Å². The van der Waals surface area contributed by atoms with E-state index in [4.69, 9.17) is 0 Å². The zero-order valence-electron chi connectivity index (χ0n) is 17.0. The molecule has 150 valence electrons. The van der Waals surface area contributed by atoms with Crippen LogP contribution >= 0.6 is 0 Å². The third kappa shape index (κ3) is 3.75. The van der Waals surface area contributed by atoms with Crippen LogP contribution in [0.5, 0.6) is 0 Å². The van der Waals surface area contributed by atoms with Gasteiger partial charge in [0.1, 0.15) is 11.6 Å². The van der Waals surface area contributed by atoms with Crippen LogP contribution in [0.15, 0.2) is 36.9 Å². The summed E-state index contributed by atoms with van der Waals surface area (Å²) in [5, 5.41) is 0.856. The topological polar surface area (TPSA) is 0 Å². The van der Waals surface area contributed by atoms with Crippen LogP contribution in [0.1, 0.15) is 75.3 Å². The maximum atomic E-state index is 14.9. The Hall–Kier alpha value is -1.70. The third-order valence-electron chi connectivity index (χ3n) is 7.50. The van der Waals surface area contributed by atoms with Gasteiger partial charge in [0.25, 0.3) is 0 Å². The molecule has 2 aliphatic carbocycles. The zero-order valence-corrected chi connectivity index (χ0v) is 17.0. The van der Waals surface area contributed by atoms with Crippen LogP contribution < -0.4 is 0 Å². The van der Waals surface area contributed by atoms with Crippen molar-refractivity contribution < 1.29 is 8.78 Å². The molecule has 0 amide bonds. The Balaban J connectivity index is 1.57. The van der Waals surface area contributed by atoms with E-state index < -0.39 is 11.6 Å². The Morgan fingerprint density at radius 2 is 1.82 bits per heavy atom. The molecule has 0 aliphatic heterocycles. The summed E-state index contributed by atoms with van der Waals surface area (Å²) < 4.78 is 29.8. The van der Waals surface area contributed by atoms with Crippen molar-refractivity contribution in [2.24, 2.45) is 17.8 Å². The van der Waals surface area contributed by atoms with Gasteiger partial charge < -0.3 is 0 Å². The Morgan fingerprint density at radius 3 is 2.61 bits per heavy atom. The predicted molar refractivity (Wildman–Crippen MR) is 114 cm³/mol. The molecule has 2 aromatic carbocycles. The molecule has 2 aliphatic rings. The van der Waals surface area contributed by atoms with E-state index in [0.717, 1.165) is 29.7 Å². The van der Waals surface area contributed by atoms with Gasteiger partial charge in [-0.3, -0.25) is 0 Å². The molecule has 28 heavy (non-hydrogen) atoms. The summed E-state index contributed by atoms with van der Waals surface area (Å²) in [5.41, 5.74) is 1.64. The van der Waals surface area contributed by atoms with Crippen molar-refractivity contribution in [3.63, 3.8) is 0 Å². The highest BCUT2D eigenvalue weighted by Gasteiger charge is 2.35. The van der Waals surface area contributed by atoms with Gasteiger partial charge in [0.2, 0.25) is 0 Å². The largest absolute Gasteiger partial charge is 0.206 e. The number of rotatable bonds is 5. The minimum atomic E-state index is -0.401. The first-order valence-electron chi connectivity index (χ1n) is 11.1. The number of fused-ring (bicyclic) bond motifs is 2. The van der Waals surface area contributed by atoms with Crippen LogP contribution in [0.25, 0.3) is 10.8 Å². The van der Waals surface area contributed by atoms with Gasteiger partial charge in [-0.2, -0.15) is 0 Å². The van der Waals surface area contributed by atoms with Crippen molar-refractivity contribution >= 4 is 10.8 Å². The van der Waals surface area contributed by atoms with Crippen LogP contribution in [0.2, 0.25) is 0 Å². The fourth-order valence-electron chi connectivity index (χ4n) is 5.78. The van der Waals surface area contributed by atoms with Crippen molar-refractivity contribution in [3.05, 3.63) is 59.7 Å². The van der Waals surface area contributed by atoms with E-state index in [1.807, 2.05) is 18.2 Å². The molecule has 0 N–H and O–H groups in total. The van der Waals surface area contributed by atoms with Crippen LogP contribution in [0.3, 0.4) is 0 Å². The minimum Gasteiger partial charge on any atom is -0.206 e. The van der Waals surface area contributed by atoms with Gasteiger partial charge in [0, 0.05) is 0 Å². The molecule has 2 heteroatoms. The molecule has 0 radical (unpaired) electrons. The maximum Gasteiger partial charge on any atom is 0.137 e. The second-order valence-corrected chi connectivity index (χ2v) is 9.08. The van der Waals surface area contributed by atoms with E-state index >= 15 is 0 Å². The van der Waals surface area contributed by atoms with Gasteiger partial charge in [-0.25, -0.2) is 8.78 Å². The van der Waals surface area contributed by atoms with Gasteiger partial charge in [0.05, 0.1) is 5.39 Å². The van der Waals surface area contributed by atoms with Gasteiger partial charge in [-0.1, -0.05) is 44.0 Å². The molecule has 0 nitrogen and oxygen atoms in total. The van der Waals surface area contributed by atoms with Crippen molar-refractivity contribution in [3.8, 4) is 0 Å². The average Bonchev–Trinajstić information content (AvgIpc) is 2.72. The quantitative estimate of drug-likeness (QED) is 0.460. The lowest BCUT2D eigenvalue weighted by Gasteiger charge is -2.42. The summed E-state index contributed by atoms with van der Waals surface area (Å²) in [7, 11) is 0. The molecule has 0 aromatic heterocycles. The first-order valence-corrected chi connectivity index (χ1v) is 11.1. The first kappa shape index (κ1) is 19.6. The lowest BCUT2D eigenvalue weighted by molar-refractivity contribution is 0.116. The molecule has 0 bridgehead atoms. The summed E-state index contributed by atoms with van der Waals surface area (Å²) in [4.78, 5) is 0. The average molecular weight is 383 g/mol. The molecule has 4 rings (SSSR count). The molecule has 4 atom stereocenters. The van der Waals surface area contributed by atoms with E-state index in [2.05, 4.69) is 13.5 Å². The van der Waals surface area contributed by atoms with E-state index in [9.17, 15) is 8.78 Å². The Bertz CT molecular complexity index is 853. The Morgan fingerprint density at radius 1 is 1.04 bits per heavy atom. The van der Waals surface area contributed by atoms with E-state index in [0.29, 0.717) is 29.7 Å². The highest BCUT2D eigenvalue weighted by molar-refractivity contribution is 5.85. The lowest BCUT2D eigenvalue weighted by Crippen LogP contribution is -2.30. The summed E-state index contributed by atoms with van der Waals surface area (Å²) in [5.74, 6) is 2.19. The lowest BCUT2D eigenvalue weighted by atomic mass is 9.63. The molecule has 2 aromatic rings. The standard InChI is InChI=1S/C26H32F2/c1-3-5-6-18-9-12-22-15-23(16-24(27)25(22)26(18)28)21-11-10-19-13-17(4-2)7-8-20(19)14-21/h3,9,12,15-17,19-21H,1,4-8,10-11,13-14H2,2H3/t17?,19-,20?,21-/m1/s1. The summed E-state index contributed by atoms with van der Waals surface area (Å²) in [6.07, 6.45) is 12.0. The number of halogens is 2. The number of aryl methyl sites for hydroxylation is 1. The highest BCUT2D eigenvalue weighted by atomic mass is 19.1. The first-order chi connectivity index (χ1) is 13.6. The molecule has 2 saturated carbocycles. The molecular formula is C26H32F2. The highest BCUT2D eigenvalue weighted by Crippen LogP contribution is 2.48. The van der Waals surface area contributed by atoms with Crippen molar-refractivity contribution in [1.82, 2.24) is 0 Å². The van der Waals surface area contributed by atoms with E-state index in [-0.39, 0.29) is 5.39 Å². The van der Waals surface area contributed by atoms with Crippen molar-refractivity contribution in [2.75, 3.05) is 0 Å². The molecule has 2 fully saturated rings. The number of benzene rings is 2. The van der Waals surface area contributed by atoms with Gasteiger partial charge in [0.15, 0.2) is 0 Å². The van der Waals surface area contributed by atoms with Crippen LogP contribution in [0, 0.1) is 29.4 Å². The van der Waals surface area contributed by atoms with Crippen LogP contribution in [-0.2, 0) is 6.42 Å². The molecule has 0 spiro atoms. The third-order valence-corrected chi connectivity index (χ3v) is 7.50. The summed E-state index contributed by atoms with van der Waals surface area (Å²) >= 11 is 0. The monoisotopic (exact) mass is 382 g/mol. The zero-order chi connectivity index (χ0) is 19.7. The second-order valence-electron chi connectivity index (χ2n) is 9.08. The van der Waals surface area contributed by atoms with Crippen LogP contribution in [0.4, 0.5) is 8.78 Å². The fourth-order valence-corrected chi connectivity index (χ4v) is 5.78. The number of hydrogen-bond acceptors (Lipinski definition) is 0. The Kier molecular flexibility index (Phi) is 5.85. The van der Waals surface area contributed by atoms with Gasteiger partial charge in [-0.05, 0) is 91.2 Å². The van der Waals surface area contributed by atoms with Crippen molar-refractivity contribution in [2.45, 2.75) is 70.6 Å². The van der Waals surface area contributed by atoms with Crippen molar-refractivity contribution in [1.29, 1.82) is 0 Å². The summed E-state index contributed by atoms with van der Waals surface area (Å²) in [6, 6.07) is 7.36. The van der Waals surface area contributed by atoms with Gasteiger partial charge in [-0.15, -0.1) is 6.58 Å². The maximum absolute atomic E-state index is 14.9. The fraction of sp³-hybridized carbons (Fsp3) is 0.538. The van der Waals surface area contributed by atoms with Crippen LogP contribution in [-0.4, -0.2) is 0 Å². The SMILES string of the molecule is C=CCCc1ccc2cc([C@@H]3CC[C@@H]4CC(CC)CCC4C3)cc(F)c2c1F. The number of hydrogen-bond donors (Lipinski definition) is 0. The molecule has 0 saturated heterocycles. The van der Waals surface area contributed by atoms with E-state index in [1.165, 1.54) is 38.5 Å². The molecule has 2 unspecified atom stereocenters. The second kappa shape index (κ2) is 8.35. The normalized spacial score (nSPS) is 27.5. The number of allylic oxidation sites excluding steroid dienone is 1. The van der Waals surface area contributed by atoms with E-state index in [1.54, 1.807) is 12.1 Å². The summed E-state index contributed by atoms with van der Waals surface area (Å²) in [6.45, 7) is 6.01. The smallest absolute Gasteiger partial charge is 0.137 e. The molecular weight excluding hydrogens is 350 g/mol. The van der Waals surface area contributed by atoms with Gasteiger partial charge >= 0.3 is 0 Å². The molecule has 0 heterocycles. The minimum absolute atomic E-state index is 0.155.